The van der Waals surface area contributed by atoms with Gasteiger partial charge in [-0.15, -0.1) is 0 Å². The first-order chi connectivity index (χ1) is 13.5. The van der Waals surface area contributed by atoms with Crippen molar-refractivity contribution in [2.24, 2.45) is 5.10 Å². The molecule has 1 amide bonds. The van der Waals surface area contributed by atoms with Gasteiger partial charge in [-0.25, -0.2) is 5.43 Å². The molecule has 0 aliphatic heterocycles. The van der Waals surface area contributed by atoms with Crippen molar-refractivity contribution in [1.29, 1.82) is 0 Å². The van der Waals surface area contributed by atoms with Crippen LogP contribution in [0.3, 0.4) is 0 Å². The Morgan fingerprint density at radius 1 is 0.929 bits per heavy atom. The van der Waals surface area contributed by atoms with E-state index in [0.29, 0.717) is 22.2 Å². The zero-order chi connectivity index (χ0) is 19.9. The molecule has 7 heteroatoms. The first-order valence-corrected chi connectivity index (χ1v) is 9.40. The molecule has 3 aromatic carbocycles. The topological polar surface area (TPSA) is 50.7 Å². The maximum absolute atomic E-state index is 12.1. The van der Waals surface area contributed by atoms with E-state index in [2.05, 4.69) is 10.5 Å². The third-order valence-electron chi connectivity index (χ3n) is 3.75. The minimum Gasteiger partial charge on any atom is -0.489 e. The molecule has 0 spiro atoms. The van der Waals surface area contributed by atoms with E-state index in [9.17, 15) is 4.79 Å². The molecule has 0 aliphatic carbocycles. The Morgan fingerprint density at radius 2 is 1.61 bits per heavy atom. The number of halogens is 3. The van der Waals surface area contributed by atoms with E-state index < -0.39 is 5.91 Å². The lowest BCUT2D eigenvalue weighted by Gasteiger charge is -2.06. The molecule has 0 radical (unpaired) electrons. The summed E-state index contributed by atoms with van der Waals surface area (Å²) in [5.41, 5.74) is 4.57. The number of hydrogen-bond acceptors (Lipinski definition) is 3. The Morgan fingerprint density at radius 3 is 2.29 bits per heavy atom. The summed E-state index contributed by atoms with van der Waals surface area (Å²) in [7, 11) is 0. The summed E-state index contributed by atoms with van der Waals surface area (Å²) in [5, 5.41) is 5.36. The molecule has 0 aliphatic rings. The van der Waals surface area contributed by atoms with Gasteiger partial charge in [-0.1, -0.05) is 46.9 Å². The normalized spacial score (nSPS) is 10.8. The summed E-state index contributed by atoms with van der Waals surface area (Å²) in [6, 6.07) is 19.4. The lowest BCUT2D eigenvalue weighted by Crippen LogP contribution is -2.18. The minimum atomic E-state index is -0.416. The second-order valence-electron chi connectivity index (χ2n) is 5.81. The van der Waals surface area contributed by atoms with Crippen LogP contribution >= 0.6 is 34.8 Å². The van der Waals surface area contributed by atoms with E-state index >= 15 is 0 Å². The average molecular weight is 434 g/mol. The number of hydrogen-bond donors (Lipinski definition) is 1. The third-order valence-corrected chi connectivity index (χ3v) is 4.55. The monoisotopic (exact) mass is 432 g/mol. The second kappa shape index (κ2) is 9.60. The summed E-state index contributed by atoms with van der Waals surface area (Å²) in [5.74, 6) is 0.310. The van der Waals surface area contributed by atoms with E-state index in [4.69, 9.17) is 39.5 Å². The molecule has 3 aromatic rings. The molecule has 0 heterocycles. The van der Waals surface area contributed by atoms with Crippen LogP contribution < -0.4 is 10.2 Å². The lowest BCUT2D eigenvalue weighted by atomic mass is 10.2. The summed E-state index contributed by atoms with van der Waals surface area (Å²) in [4.78, 5) is 12.1. The highest BCUT2D eigenvalue weighted by molar-refractivity contribution is 6.36. The molecule has 3 rings (SSSR count). The molecule has 0 atom stereocenters. The van der Waals surface area contributed by atoms with Gasteiger partial charge in [0.2, 0.25) is 0 Å². The fourth-order valence-electron chi connectivity index (χ4n) is 2.30. The third kappa shape index (κ3) is 5.73. The maximum atomic E-state index is 12.1. The van der Waals surface area contributed by atoms with Gasteiger partial charge in [-0.05, 0) is 65.7 Å². The van der Waals surface area contributed by atoms with E-state index in [1.807, 2.05) is 48.5 Å². The smallest absolute Gasteiger partial charge is 0.272 e. The molecule has 142 valence electrons. The molecular weight excluding hydrogens is 419 g/mol. The van der Waals surface area contributed by atoms with E-state index in [1.165, 1.54) is 12.3 Å². The molecule has 0 unspecified atom stereocenters. The number of rotatable bonds is 6. The molecule has 0 fully saturated rings. The van der Waals surface area contributed by atoms with Crippen molar-refractivity contribution in [3.8, 4) is 5.75 Å². The quantitative estimate of drug-likeness (QED) is 0.383. The van der Waals surface area contributed by atoms with Gasteiger partial charge >= 0.3 is 0 Å². The van der Waals surface area contributed by atoms with Crippen molar-refractivity contribution in [1.82, 2.24) is 5.43 Å². The van der Waals surface area contributed by atoms with Crippen LogP contribution in [0.4, 0.5) is 0 Å². The Kier molecular flexibility index (Phi) is 6.93. The van der Waals surface area contributed by atoms with Gasteiger partial charge in [-0.2, -0.15) is 5.10 Å². The van der Waals surface area contributed by atoms with Crippen molar-refractivity contribution in [3.05, 3.63) is 98.5 Å². The van der Waals surface area contributed by atoms with Gasteiger partial charge in [-0.3, -0.25) is 4.79 Å². The second-order valence-corrected chi connectivity index (χ2v) is 7.09. The Hall–Kier alpha value is -2.53. The van der Waals surface area contributed by atoms with Gasteiger partial charge in [0.25, 0.3) is 5.91 Å². The lowest BCUT2D eigenvalue weighted by molar-refractivity contribution is 0.0955. The Labute approximate surface area is 177 Å². The number of nitrogens with one attached hydrogen (secondary N) is 1. The number of nitrogens with zero attached hydrogens (tertiary/aromatic N) is 1. The largest absolute Gasteiger partial charge is 0.489 e. The Bertz CT molecular complexity index is 988. The summed E-state index contributed by atoms with van der Waals surface area (Å²) < 4.78 is 5.73. The average Bonchev–Trinajstić information content (AvgIpc) is 2.68. The van der Waals surface area contributed by atoms with Crippen molar-refractivity contribution in [3.63, 3.8) is 0 Å². The number of amides is 1. The van der Waals surface area contributed by atoms with Gasteiger partial charge in [0.1, 0.15) is 12.4 Å². The van der Waals surface area contributed by atoms with Crippen LogP contribution in [0.1, 0.15) is 21.5 Å². The van der Waals surface area contributed by atoms with Crippen molar-refractivity contribution >= 4 is 46.9 Å². The van der Waals surface area contributed by atoms with Crippen LogP contribution in [0.5, 0.6) is 5.75 Å². The predicted octanol–water partition coefficient (Wildman–Crippen LogP) is 5.99. The number of carbonyl (C=O) groups excluding carboxylic acids is 1. The number of benzene rings is 3. The van der Waals surface area contributed by atoms with Crippen LogP contribution in [-0.4, -0.2) is 12.1 Å². The zero-order valence-corrected chi connectivity index (χ0v) is 16.8. The van der Waals surface area contributed by atoms with Crippen LogP contribution in [0.25, 0.3) is 0 Å². The summed E-state index contributed by atoms with van der Waals surface area (Å²) in [6.07, 6.45) is 1.53. The molecular formula is C21H15Cl3N2O2. The molecule has 1 N–H and O–H groups in total. The van der Waals surface area contributed by atoms with Crippen LogP contribution in [0.15, 0.2) is 71.8 Å². The van der Waals surface area contributed by atoms with Gasteiger partial charge < -0.3 is 4.74 Å². The van der Waals surface area contributed by atoms with Gasteiger partial charge in [0.15, 0.2) is 0 Å². The summed E-state index contributed by atoms with van der Waals surface area (Å²) >= 11 is 17.7. The maximum Gasteiger partial charge on any atom is 0.272 e. The molecule has 0 aromatic heterocycles. The van der Waals surface area contributed by atoms with Crippen molar-refractivity contribution in [2.75, 3.05) is 0 Å². The van der Waals surface area contributed by atoms with E-state index in [0.717, 1.165) is 16.9 Å². The Balaban J connectivity index is 1.53. The highest BCUT2D eigenvalue weighted by Crippen LogP contribution is 2.20. The SMILES string of the molecule is O=C(N/N=C\c1ccc(OCc2ccc(Cl)cc2)cc1)c1ccc(Cl)cc1Cl. The summed E-state index contributed by atoms with van der Waals surface area (Å²) in [6.45, 7) is 0.447. The van der Waals surface area contributed by atoms with Crippen molar-refractivity contribution < 1.29 is 9.53 Å². The number of ether oxygens (including phenoxy) is 1. The first-order valence-electron chi connectivity index (χ1n) is 8.27. The fraction of sp³-hybridized carbons (Fsp3) is 0.0476. The molecule has 0 saturated heterocycles. The highest BCUT2D eigenvalue weighted by atomic mass is 35.5. The minimum absolute atomic E-state index is 0.266. The number of carbonyl (C=O) groups is 1. The van der Waals surface area contributed by atoms with Gasteiger partial charge in [0.05, 0.1) is 16.8 Å². The van der Waals surface area contributed by atoms with Crippen molar-refractivity contribution in [2.45, 2.75) is 6.61 Å². The zero-order valence-electron chi connectivity index (χ0n) is 14.5. The van der Waals surface area contributed by atoms with Gasteiger partial charge in [0, 0.05) is 10.0 Å². The van der Waals surface area contributed by atoms with E-state index in [-0.39, 0.29) is 5.02 Å². The van der Waals surface area contributed by atoms with Crippen LogP contribution in [0.2, 0.25) is 15.1 Å². The fourth-order valence-corrected chi connectivity index (χ4v) is 2.92. The number of hydrazone groups is 1. The van der Waals surface area contributed by atoms with Crippen LogP contribution in [-0.2, 0) is 6.61 Å². The molecule has 4 nitrogen and oxygen atoms in total. The van der Waals surface area contributed by atoms with E-state index in [1.54, 1.807) is 12.1 Å². The standard InChI is InChI=1S/C21H15Cl3N2O2/c22-16-5-1-15(2-6-16)13-28-18-8-3-14(4-9-18)12-25-26-21(27)19-10-7-17(23)11-20(19)24/h1-12H,13H2,(H,26,27)/b25-12-. The van der Waals surface area contributed by atoms with Crippen LogP contribution in [0, 0.1) is 0 Å². The molecule has 28 heavy (non-hydrogen) atoms. The highest BCUT2D eigenvalue weighted by Gasteiger charge is 2.09. The predicted molar refractivity (Wildman–Crippen MR) is 114 cm³/mol. The first kappa shape index (κ1) is 20.2. The molecule has 0 saturated carbocycles. The molecule has 0 bridgehead atoms.